The van der Waals surface area contributed by atoms with E-state index < -0.39 is 0 Å². The summed E-state index contributed by atoms with van der Waals surface area (Å²) in [5.41, 5.74) is 0.146. The van der Waals surface area contributed by atoms with E-state index in [1.54, 1.807) is 0 Å². The van der Waals surface area contributed by atoms with Gasteiger partial charge in [0.2, 0.25) is 0 Å². The molecule has 3 rings (SSSR count). The SMILES string of the molecule is CC1(CNC2CCOC3(CCOCC3)C2)CCCO1. The molecule has 1 spiro atoms. The molecule has 3 saturated heterocycles. The van der Waals surface area contributed by atoms with Gasteiger partial charge in [-0.2, -0.15) is 0 Å². The largest absolute Gasteiger partial charge is 0.381 e. The van der Waals surface area contributed by atoms with Gasteiger partial charge < -0.3 is 19.5 Å². The zero-order chi connectivity index (χ0) is 13.2. The lowest BCUT2D eigenvalue weighted by atomic mass is 9.84. The van der Waals surface area contributed by atoms with Crippen molar-refractivity contribution in [1.29, 1.82) is 0 Å². The molecule has 110 valence electrons. The summed E-state index contributed by atoms with van der Waals surface area (Å²) in [4.78, 5) is 0. The summed E-state index contributed by atoms with van der Waals surface area (Å²) in [5, 5.41) is 3.73. The van der Waals surface area contributed by atoms with Gasteiger partial charge in [0.15, 0.2) is 0 Å². The summed E-state index contributed by atoms with van der Waals surface area (Å²) in [5.74, 6) is 0. The minimum Gasteiger partial charge on any atom is -0.381 e. The highest BCUT2D eigenvalue weighted by atomic mass is 16.5. The van der Waals surface area contributed by atoms with Gasteiger partial charge >= 0.3 is 0 Å². The number of hydrogen-bond donors (Lipinski definition) is 1. The van der Waals surface area contributed by atoms with Crippen LogP contribution in [0.3, 0.4) is 0 Å². The second kappa shape index (κ2) is 5.68. The Kier molecular flexibility index (Phi) is 4.13. The van der Waals surface area contributed by atoms with E-state index in [0.29, 0.717) is 6.04 Å². The Bertz CT molecular complexity index is 290. The third-order valence-electron chi connectivity index (χ3n) is 4.96. The quantitative estimate of drug-likeness (QED) is 0.849. The van der Waals surface area contributed by atoms with E-state index >= 15 is 0 Å². The fourth-order valence-electron chi connectivity index (χ4n) is 3.63. The van der Waals surface area contributed by atoms with Crippen LogP contribution >= 0.6 is 0 Å². The van der Waals surface area contributed by atoms with Crippen LogP contribution in [0.5, 0.6) is 0 Å². The molecule has 3 aliphatic heterocycles. The molecule has 19 heavy (non-hydrogen) atoms. The van der Waals surface area contributed by atoms with Crippen molar-refractivity contribution < 1.29 is 14.2 Å². The molecular formula is C15H27NO3. The van der Waals surface area contributed by atoms with Crippen molar-refractivity contribution in [3.63, 3.8) is 0 Å². The number of nitrogens with one attached hydrogen (secondary N) is 1. The number of rotatable bonds is 3. The van der Waals surface area contributed by atoms with E-state index in [0.717, 1.165) is 58.7 Å². The standard InChI is InChI=1S/C15H27NO3/c1-14(4-2-7-18-14)12-16-13-3-8-19-15(11-13)5-9-17-10-6-15/h13,16H,2-12H2,1H3. The Morgan fingerprint density at radius 2 is 1.89 bits per heavy atom. The van der Waals surface area contributed by atoms with Gasteiger partial charge in [0, 0.05) is 39.0 Å². The molecule has 0 saturated carbocycles. The first-order valence-electron chi connectivity index (χ1n) is 7.79. The van der Waals surface area contributed by atoms with Gasteiger partial charge in [0.1, 0.15) is 0 Å². The molecule has 4 nitrogen and oxygen atoms in total. The second-order valence-electron chi connectivity index (χ2n) is 6.62. The van der Waals surface area contributed by atoms with Crippen LogP contribution in [0.15, 0.2) is 0 Å². The van der Waals surface area contributed by atoms with Crippen molar-refractivity contribution in [3.8, 4) is 0 Å². The Hall–Kier alpha value is -0.160. The van der Waals surface area contributed by atoms with Crippen LogP contribution in [-0.4, -0.2) is 50.2 Å². The van der Waals surface area contributed by atoms with Gasteiger partial charge in [-0.1, -0.05) is 0 Å². The Morgan fingerprint density at radius 1 is 1.05 bits per heavy atom. The van der Waals surface area contributed by atoms with Gasteiger partial charge in [-0.05, 0) is 45.4 Å². The van der Waals surface area contributed by atoms with Crippen molar-refractivity contribution in [2.24, 2.45) is 0 Å². The Morgan fingerprint density at radius 3 is 2.63 bits per heavy atom. The van der Waals surface area contributed by atoms with E-state index in [-0.39, 0.29) is 11.2 Å². The van der Waals surface area contributed by atoms with Crippen LogP contribution in [0.25, 0.3) is 0 Å². The van der Waals surface area contributed by atoms with Crippen LogP contribution in [0.2, 0.25) is 0 Å². The van der Waals surface area contributed by atoms with E-state index in [9.17, 15) is 0 Å². The van der Waals surface area contributed by atoms with Gasteiger partial charge in [-0.25, -0.2) is 0 Å². The van der Waals surface area contributed by atoms with Crippen LogP contribution < -0.4 is 5.32 Å². The summed E-state index contributed by atoms with van der Waals surface area (Å²) in [6, 6.07) is 0.577. The van der Waals surface area contributed by atoms with E-state index in [4.69, 9.17) is 14.2 Å². The average molecular weight is 269 g/mol. The Labute approximate surface area is 116 Å². The molecule has 0 aromatic heterocycles. The van der Waals surface area contributed by atoms with Gasteiger partial charge in [0.05, 0.1) is 11.2 Å². The van der Waals surface area contributed by atoms with Crippen molar-refractivity contribution >= 4 is 0 Å². The zero-order valence-electron chi connectivity index (χ0n) is 12.1. The van der Waals surface area contributed by atoms with Gasteiger partial charge in [-0.3, -0.25) is 0 Å². The fourth-order valence-corrected chi connectivity index (χ4v) is 3.63. The average Bonchev–Trinajstić information content (AvgIpc) is 2.85. The molecule has 2 atom stereocenters. The van der Waals surface area contributed by atoms with Crippen molar-refractivity contribution in [3.05, 3.63) is 0 Å². The lowest BCUT2D eigenvalue weighted by molar-refractivity contribution is -0.141. The van der Waals surface area contributed by atoms with Crippen LogP contribution in [-0.2, 0) is 14.2 Å². The summed E-state index contributed by atoms with van der Waals surface area (Å²) in [6.45, 7) is 6.73. The fraction of sp³-hybridized carbons (Fsp3) is 1.00. The first-order valence-corrected chi connectivity index (χ1v) is 7.79. The summed E-state index contributed by atoms with van der Waals surface area (Å²) < 4.78 is 17.4. The van der Waals surface area contributed by atoms with Gasteiger partial charge in [-0.15, -0.1) is 0 Å². The molecule has 0 aromatic rings. The smallest absolute Gasteiger partial charge is 0.0779 e. The Balaban J connectivity index is 1.50. The predicted molar refractivity (Wildman–Crippen MR) is 73.4 cm³/mol. The van der Waals surface area contributed by atoms with Crippen LogP contribution in [0.1, 0.15) is 45.4 Å². The molecule has 1 N–H and O–H groups in total. The molecule has 0 aromatic carbocycles. The maximum atomic E-state index is 6.08. The van der Waals surface area contributed by atoms with E-state index in [1.165, 1.54) is 12.8 Å². The summed E-state index contributed by atoms with van der Waals surface area (Å²) >= 11 is 0. The molecule has 3 fully saturated rings. The van der Waals surface area contributed by atoms with Gasteiger partial charge in [0.25, 0.3) is 0 Å². The highest BCUT2D eigenvalue weighted by Gasteiger charge is 2.39. The predicted octanol–water partition coefficient (Wildman–Crippen LogP) is 1.87. The molecule has 3 aliphatic rings. The highest BCUT2D eigenvalue weighted by molar-refractivity contribution is 4.93. The van der Waals surface area contributed by atoms with Crippen molar-refractivity contribution in [2.75, 3.05) is 33.0 Å². The van der Waals surface area contributed by atoms with E-state index in [1.807, 2.05) is 0 Å². The zero-order valence-corrected chi connectivity index (χ0v) is 12.1. The maximum absolute atomic E-state index is 6.08. The van der Waals surface area contributed by atoms with Crippen molar-refractivity contribution in [2.45, 2.75) is 62.7 Å². The number of ether oxygens (including phenoxy) is 3. The first kappa shape index (κ1) is 13.8. The summed E-state index contributed by atoms with van der Waals surface area (Å²) in [6.07, 6.45) is 6.75. The second-order valence-corrected chi connectivity index (χ2v) is 6.62. The normalized spacial score (nSPS) is 38.7. The first-order chi connectivity index (χ1) is 9.20. The molecule has 4 heteroatoms. The minimum atomic E-state index is 0.0567. The molecule has 3 heterocycles. The van der Waals surface area contributed by atoms with Crippen LogP contribution in [0, 0.1) is 0 Å². The highest BCUT2D eigenvalue weighted by Crippen LogP contribution is 2.34. The minimum absolute atomic E-state index is 0.0567. The van der Waals surface area contributed by atoms with Crippen molar-refractivity contribution in [1.82, 2.24) is 5.32 Å². The topological polar surface area (TPSA) is 39.7 Å². The molecular weight excluding hydrogens is 242 g/mol. The third kappa shape index (κ3) is 3.30. The van der Waals surface area contributed by atoms with E-state index in [2.05, 4.69) is 12.2 Å². The molecule has 0 amide bonds. The maximum Gasteiger partial charge on any atom is 0.0779 e. The monoisotopic (exact) mass is 269 g/mol. The third-order valence-corrected chi connectivity index (χ3v) is 4.96. The lowest BCUT2D eigenvalue weighted by Gasteiger charge is -2.44. The lowest BCUT2D eigenvalue weighted by Crippen LogP contribution is -2.52. The molecule has 0 radical (unpaired) electrons. The van der Waals surface area contributed by atoms with Crippen LogP contribution in [0.4, 0.5) is 0 Å². The summed E-state index contributed by atoms with van der Waals surface area (Å²) in [7, 11) is 0. The number of hydrogen-bond acceptors (Lipinski definition) is 4. The molecule has 2 unspecified atom stereocenters. The molecule has 0 aliphatic carbocycles. The molecule has 0 bridgehead atoms.